The topological polar surface area (TPSA) is 95.1 Å². The Morgan fingerprint density at radius 3 is 2.95 bits per heavy atom. The summed E-state index contributed by atoms with van der Waals surface area (Å²) in [6.45, 7) is 1.62. The minimum absolute atomic E-state index is 0.145. The van der Waals surface area contributed by atoms with Crippen LogP contribution in [0.5, 0.6) is 0 Å². The summed E-state index contributed by atoms with van der Waals surface area (Å²) in [4.78, 5) is 30.6. The summed E-state index contributed by atoms with van der Waals surface area (Å²) in [5.41, 5.74) is 0.115. The number of rotatable bonds is 3. The molecule has 0 spiro atoms. The van der Waals surface area contributed by atoms with E-state index in [-0.39, 0.29) is 10.4 Å². The molecule has 3 rings (SSSR count). The fourth-order valence-corrected chi connectivity index (χ4v) is 3.51. The standard InChI is InChI=1S/C12H9N3O3S2/c1-5-7-9(16)14-12(13-6-3-2-4-19-6)15-10(7)20-8(5)11(17)18/h2-4H,1H3,(H,17,18)(H2,13,14,15,16). The van der Waals surface area contributed by atoms with E-state index in [1.54, 1.807) is 6.92 Å². The summed E-state index contributed by atoms with van der Waals surface area (Å²) in [6, 6.07) is 3.73. The molecule has 0 saturated heterocycles. The number of hydrogen-bond donors (Lipinski definition) is 3. The normalized spacial score (nSPS) is 10.8. The summed E-state index contributed by atoms with van der Waals surface area (Å²) in [5.74, 6) is -0.735. The smallest absolute Gasteiger partial charge is 0.346 e. The van der Waals surface area contributed by atoms with Gasteiger partial charge in [0.1, 0.15) is 9.71 Å². The zero-order valence-electron chi connectivity index (χ0n) is 10.3. The van der Waals surface area contributed by atoms with Gasteiger partial charge in [-0.2, -0.15) is 0 Å². The molecule has 0 aromatic carbocycles. The number of thiophene rings is 2. The van der Waals surface area contributed by atoms with Crippen molar-refractivity contribution in [3.8, 4) is 0 Å². The van der Waals surface area contributed by atoms with E-state index >= 15 is 0 Å². The second kappa shape index (κ2) is 4.73. The van der Waals surface area contributed by atoms with E-state index in [0.29, 0.717) is 21.7 Å². The van der Waals surface area contributed by atoms with E-state index in [1.165, 1.54) is 11.3 Å². The minimum atomic E-state index is -1.04. The van der Waals surface area contributed by atoms with Crippen LogP contribution in [0.1, 0.15) is 15.2 Å². The Morgan fingerprint density at radius 2 is 2.30 bits per heavy atom. The van der Waals surface area contributed by atoms with E-state index in [0.717, 1.165) is 16.3 Å². The molecule has 0 atom stereocenters. The molecular weight excluding hydrogens is 298 g/mol. The molecule has 8 heteroatoms. The van der Waals surface area contributed by atoms with Crippen molar-refractivity contribution >= 4 is 49.8 Å². The highest BCUT2D eigenvalue weighted by molar-refractivity contribution is 7.20. The Morgan fingerprint density at radius 1 is 1.50 bits per heavy atom. The molecule has 0 bridgehead atoms. The van der Waals surface area contributed by atoms with Crippen LogP contribution in [0.25, 0.3) is 10.2 Å². The monoisotopic (exact) mass is 307 g/mol. The average molecular weight is 307 g/mol. The van der Waals surface area contributed by atoms with Crippen LogP contribution < -0.4 is 10.9 Å². The van der Waals surface area contributed by atoms with Crippen LogP contribution in [0.15, 0.2) is 22.3 Å². The van der Waals surface area contributed by atoms with Crippen LogP contribution >= 0.6 is 22.7 Å². The highest BCUT2D eigenvalue weighted by atomic mass is 32.1. The Bertz CT molecular complexity index is 849. The first-order valence-electron chi connectivity index (χ1n) is 5.63. The SMILES string of the molecule is Cc1c(C(=O)O)sc2nc(Nc3cccs3)[nH]c(=O)c12. The van der Waals surface area contributed by atoms with Crippen LogP contribution in [-0.4, -0.2) is 21.0 Å². The molecule has 0 aliphatic rings. The van der Waals surface area contributed by atoms with Gasteiger partial charge in [0.2, 0.25) is 5.95 Å². The molecule has 102 valence electrons. The van der Waals surface area contributed by atoms with Crippen LogP contribution in [0, 0.1) is 6.92 Å². The molecule has 3 aromatic heterocycles. The lowest BCUT2D eigenvalue weighted by atomic mass is 10.2. The fraction of sp³-hybridized carbons (Fsp3) is 0.0833. The predicted octanol–water partition coefficient (Wildman–Crippen LogP) is 2.80. The molecule has 0 aliphatic carbocycles. The van der Waals surface area contributed by atoms with Gasteiger partial charge in [-0.1, -0.05) is 0 Å². The van der Waals surface area contributed by atoms with Gasteiger partial charge in [-0.25, -0.2) is 9.78 Å². The van der Waals surface area contributed by atoms with Crippen LogP contribution in [0.3, 0.4) is 0 Å². The number of aromatic carboxylic acids is 1. The molecule has 0 fully saturated rings. The quantitative estimate of drug-likeness (QED) is 0.691. The van der Waals surface area contributed by atoms with Crippen molar-refractivity contribution in [1.29, 1.82) is 0 Å². The maximum atomic E-state index is 12.1. The molecule has 3 aromatic rings. The van der Waals surface area contributed by atoms with Crippen molar-refractivity contribution in [1.82, 2.24) is 9.97 Å². The largest absolute Gasteiger partial charge is 0.477 e. The summed E-state index contributed by atoms with van der Waals surface area (Å²) < 4.78 is 0. The summed E-state index contributed by atoms with van der Waals surface area (Å²) in [6.07, 6.45) is 0. The molecule has 3 heterocycles. The third-order valence-corrected chi connectivity index (χ3v) is 4.72. The molecule has 0 saturated carbocycles. The minimum Gasteiger partial charge on any atom is -0.477 e. The first-order valence-corrected chi connectivity index (χ1v) is 7.33. The van der Waals surface area contributed by atoms with Crippen molar-refractivity contribution in [2.75, 3.05) is 5.32 Å². The maximum absolute atomic E-state index is 12.1. The maximum Gasteiger partial charge on any atom is 0.346 e. The van der Waals surface area contributed by atoms with Crippen molar-refractivity contribution in [2.45, 2.75) is 6.92 Å². The average Bonchev–Trinajstić information content (AvgIpc) is 2.97. The van der Waals surface area contributed by atoms with Gasteiger partial charge in [-0.3, -0.25) is 9.78 Å². The second-order valence-corrected chi connectivity index (χ2v) is 6.01. The van der Waals surface area contributed by atoms with Crippen molar-refractivity contribution in [2.24, 2.45) is 0 Å². The van der Waals surface area contributed by atoms with Gasteiger partial charge in [0.25, 0.3) is 5.56 Å². The van der Waals surface area contributed by atoms with Crippen LogP contribution in [0.2, 0.25) is 0 Å². The van der Waals surface area contributed by atoms with Crippen molar-refractivity contribution < 1.29 is 9.90 Å². The van der Waals surface area contributed by atoms with Gasteiger partial charge in [0.15, 0.2) is 0 Å². The van der Waals surface area contributed by atoms with Crippen molar-refractivity contribution in [3.05, 3.63) is 38.3 Å². The zero-order chi connectivity index (χ0) is 14.3. The number of aromatic nitrogens is 2. The number of fused-ring (bicyclic) bond motifs is 1. The Balaban J connectivity index is 2.14. The van der Waals surface area contributed by atoms with Crippen LogP contribution in [0.4, 0.5) is 10.9 Å². The highest BCUT2D eigenvalue weighted by Gasteiger charge is 2.18. The molecule has 20 heavy (non-hydrogen) atoms. The van der Waals surface area contributed by atoms with Gasteiger partial charge < -0.3 is 10.4 Å². The number of carbonyl (C=O) groups is 1. The van der Waals surface area contributed by atoms with E-state index in [1.807, 2.05) is 17.5 Å². The lowest BCUT2D eigenvalue weighted by Crippen LogP contribution is -2.10. The molecule has 0 unspecified atom stereocenters. The summed E-state index contributed by atoms with van der Waals surface area (Å²) in [5, 5.41) is 15.2. The predicted molar refractivity (Wildman–Crippen MR) is 79.5 cm³/mol. The first-order chi connectivity index (χ1) is 9.56. The Hall–Kier alpha value is -2.19. The lowest BCUT2D eigenvalue weighted by Gasteiger charge is -2.01. The van der Waals surface area contributed by atoms with E-state index < -0.39 is 5.97 Å². The van der Waals surface area contributed by atoms with Crippen LogP contribution in [-0.2, 0) is 0 Å². The number of hydrogen-bond acceptors (Lipinski definition) is 6. The molecule has 0 aliphatic heterocycles. The van der Waals surface area contributed by atoms with E-state index in [2.05, 4.69) is 15.3 Å². The highest BCUT2D eigenvalue weighted by Crippen LogP contribution is 2.28. The number of nitrogens with zero attached hydrogens (tertiary/aromatic N) is 1. The number of carboxylic acids is 1. The van der Waals surface area contributed by atoms with Gasteiger partial charge >= 0.3 is 5.97 Å². The number of H-pyrrole nitrogens is 1. The number of nitrogens with one attached hydrogen (secondary N) is 2. The summed E-state index contributed by atoms with van der Waals surface area (Å²) >= 11 is 2.48. The second-order valence-electron chi connectivity index (χ2n) is 4.06. The van der Waals surface area contributed by atoms with E-state index in [4.69, 9.17) is 5.11 Å². The van der Waals surface area contributed by atoms with Crippen molar-refractivity contribution in [3.63, 3.8) is 0 Å². The molecule has 3 N–H and O–H groups in total. The lowest BCUT2D eigenvalue weighted by molar-refractivity contribution is 0.0701. The first kappa shape index (κ1) is 12.8. The Kier molecular flexibility index (Phi) is 3.03. The molecule has 6 nitrogen and oxygen atoms in total. The summed E-state index contributed by atoms with van der Waals surface area (Å²) in [7, 11) is 0. The molecular formula is C12H9N3O3S2. The number of anilines is 2. The third kappa shape index (κ3) is 2.08. The number of aromatic amines is 1. The van der Waals surface area contributed by atoms with E-state index in [9.17, 15) is 9.59 Å². The van der Waals surface area contributed by atoms with Gasteiger partial charge in [-0.15, -0.1) is 22.7 Å². The van der Waals surface area contributed by atoms with Gasteiger partial charge in [0.05, 0.1) is 10.4 Å². The zero-order valence-corrected chi connectivity index (χ0v) is 11.9. The number of carboxylic acid groups (broad SMARTS) is 1. The molecule has 0 amide bonds. The van der Waals surface area contributed by atoms with Gasteiger partial charge in [0, 0.05) is 0 Å². The molecule has 0 radical (unpaired) electrons. The third-order valence-electron chi connectivity index (χ3n) is 2.76. The number of aryl methyl sites for hydroxylation is 1. The van der Waals surface area contributed by atoms with Gasteiger partial charge in [-0.05, 0) is 30.0 Å². The Labute approximate surface area is 120 Å². The fourth-order valence-electron chi connectivity index (χ4n) is 1.87.